The lowest BCUT2D eigenvalue weighted by Crippen LogP contribution is -2.40. The third kappa shape index (κ3) is 4.76. The summed E-state index contributed by atoms with van der Waals surface area (Å²) in [5.41, 5.74) is 0. The van der Waals surface area contributed by atoms with Crippen LogP contribution in [0.15, 0.2) is 0 Å². The van der Waals surface area contributed by atoms with Crippen molar-refractivity contribution in [2.24, 2.45) is 0 Å². The number of hydrogen-bond acceptors (Lipinski definition) is 4. The Hall–Kier alpha value is -0.883. The molecule has 1 heterocycles. The quantitative estimate of drug-likeness (QED) is 0.751. The molecule has 1 aliphatic rings. The predicted molar refractivity (Wildman–Crippen MR) is 62.3 cm³/mol. The van der Waals surface area contributed by atoms with Crippen molar-refractivity contribution in [3.8, 4) is 0 Å². The number of rotatable bonds is 4. The van der Waals surface area contributed by atoms with Crippen LogP contribution in [0.3, 0.4) is 0 Å². The Morgan fingerprint density at radius 3 is 2.75 bits per heavy atom. The largest absolute Gasteiger partial charge is 0.450 e. The molecular formula is C10H19NO4Si. The van der Waals surface area contributed by atoms with E-state index < -0.39 is 20.2 Å². The van der Waals surface area contributed by atoms with E-state index in [1.165, 1.54) is 0 Å². The Morgan fingerprint density at radius 1 is 1.56 bits per heavy atom. The lowest BCUT2D eigenvalue weighted by Gasteiger charge is -2.16. The summed E-state index contributed by atoms with van der Waals surface area (Å²) >= 11 is 0. The van der Waals surface area contributed by atoms with E-state index in [4.69, 9.17) is 9.47 Å². The van der Waals surface area contributed by atoms with Gasteiger partial charge in [-0.25, -0.2) is 4.79 Å². The minimum atomic E-state index is -1.18. The van der Waals surface area contributed by atoms with Gasteiger partial charge in [-0.3, -0.25) is 4.79 Å². The molecule has 1 fully saturated rings. The monoisotopic (exact) mass is 245 g/mol. The van der Waals surface area contributed by atoms with Gasteiger partial charge in [0.1, 0.15) is 12.6 Å². The molecule has 0 bridgehead atoms. The molecule has 1 amide bonds. The number of alkyl carbamates (subject to hydrolysis) is 1. The molecule has 6 heteroatoms. The molecule has 1 N–H and O–H groups in total. The second-order valence-electron chi connectivity index (χ2n) is 5.12. The number of nitrogens with one attached hydrogen (secondary N) is 1. The molecule has 0 saturated carbocycles. The summed E-state index contributed by atoms with van der Waals surface area (Å²) in [5.74, 6) is -0.0952. The number of amides is 1. The van der Waals surface area contributed by atoms with E-state index in [9.17, 15) is 9.59 Å². The first-order valence-corrected chi connectivity index (χ1v) is 9.13. The van der Waals surface area contributed by atoms with Crippen molar-refractivity contribution in [1.29, 1.82) is 0 Å². The molecule has 1 saturated heterocycles. The third-order valence-electron chi connectivity index (χ3n) is 2.29. The van der Waals surface area contributed by atoms with Crippen molar-refractivity contribution >= 4 is 20.0 Å². The van der Waals surface area contributed by atoms with Crippen LogP contribution >= 0.6 is 0 Å². The van der Waals surface area contributed by atoms with Crippen LogP contribution in [-0.4, -0.2) is 45.8 Å². The van der Waals surface area contributed by atoms with Crippen LogP contribution in [0, 0.1) is 0 Å². The van der Waals surface area contributed by atoms with Crippen molar-refractivity contribution in [3.63, 3.8) is 0 Å². The van der Waals surface area contributed by atoms with Gasteiger partial charge in [-0.2, -0.15) is 0 Å². The average molecular weight is 245 g/mol. The van der Waals surface area contributed by atoms with E-state index in [1.807, 2.05) is 0 Å². The summed E-state index contributed by atoms with van der Waals surface area (Å²) in [4.78, 5) is 22.5. The third-order valence-corrected chi connectivity index (χ3v) is 4.00. The number of ketones is 1. The van der Waals surface area contributed by atoms with Crippen molar-refractivity contribution in [1.82, 2.24) is 5.32 Å². The van der Waals surface area contributed by atoms with Gasteiger partial charge in [0.2, 0.25) is 0 Å². The van der Waals surface area contributed by atoms with Crippen molar-refractivity contribution in [3.05, 3.63) is 0 Å². The molecule has 0 unspecified atom stereocenters. The summed E-state index contributed by atoms with van der Waals surface area (Å²) in [7, 11) is -1.18. The molecule has 1 rings (SSSR count). The first-order valence-electron chi connectivity index (χ1n) is 5.42. The van der Waals surface area contributed by atoms with Crippen molar-refractivity contribution in [2.45, 2.75) is 31.7 Å². The maximum absolute atomic E-state index is 11.3. The standard InChI is InChI=1S/C10H19NO4Si/c1-16(2,3)5-4-15-10(13)11-8-6-14-7-9(8)12/h8H,4-7H2,1-3H3,(H,11,13)/t8-/m0/s1. The molecular weight excluding hydrogens is 226 g/mol. The molecule has 0 aliphatic carbocycles. The molecule has 0 aromatic carbocycles. The number of ether oxygens (including phenoxy) is 2. The van der Waals surface area contributed by atoms with Gasteiger partial charge in [0, 0.05) is 8.07 Å². The lowest BCUT2D eigenvalue weighted by atomic mass is 10.2. The normalized spacial score (nSPS) is 20.9. The van der Waals surface area contributed by atoms with Crippen LogP contribution in [-0.2, 0) is 14.3 Å². The maximum atomic E-state index is 11.3. The van der Waals surface area contributed by atoms with Crippen molar-refractivity contribution in [2.75, 3.05) is 19.8 Å². The van der Waals surface area contributed by atoms with Crippen molar-refractivity contribution < 1.29 is 19.1 Å². The fraction of sp³-hybridized carbons (Fsp3) is 0.800. The number of carbonyl (C=O) groups is 2. The van der Waals surface area contributed by atoms with Gasteiger partial charge < -0.3 is 14.8 Å². The zero-order valence-corrected chi connectivity index (χ0v) is 11.0. The van der Waals surface area contributed by atoms with Crippen LogP contribution in [0.4, 0.5) is 4.79 Å². The highest BCUT2D eigenvalue weighted by molar-refractivity contribution is 6.76. The van der Waals surface area contributed by atoms with E-state index in [-0.39, 0.29) is 19.0 Å². The average Bonchev–Trinajstić information content (AvgIpc) is 2.49. The predicted octanol–water partition coefficient (Wildman–Crippen LogP) is 1.02. The molecule has 16 heavy (non-hydrogen) atoms. The minimum absolute atomic E-state index is 0.0832. The van der Waals surface area contributed by atoms with Crippen LogP contribution in [0.1, 0.15) is 0 Å². The summed E-state index contributed by atoms with van der Waals surface area (Å²) < 4.78 is 9.92. The van der Waals surface area contributed by atoms with Gasteiger partial charge in [0.25, 0.3) is 0 Å². The van der Waals surface area contributed by atoms with E-state index in [0.717, 1.165) is 6.04 Å². The maximum Gasteiger partial charge on any atom is 0.407 e. The Bertz CT molecular complexity index is 274. The summed E-state index contributed by atoms with van der Waals surface area (Å²) in [6.07, 6.45) is -0.526. The lowest BCUT2D eigenvalue weighted by molar-refractivity contribution is -0.119. The Kier molecular flexibility index (Phi) is 4.49. The summed E-state index contributed by atoms with van der Waals surface area (Å²) in [6.45, 7) is 7.39. The first-order chi connectivity index (χ1) is 7.38. The van der Waals surface area contributed by atoms with Gasteiger partial charge in [-0.15, -0.1) is 0 Å². The van der Waals surface area contributed by atoms with Gasteiger partial charge in [-0.05, 0) is 6.04 Å². The Balaban J connectivity index is 2.18. The molecule has 1 atom stereocenters. The molecule has 92 valence electrons. The van der Waals surface area contributed by atoms with Crippen LogP contribution < -0.4 is 5.32 Å². The molecule has 0 spiro atoms. The molecule has 0 radical (unpaired) electrons. The highest BCUT2D eigenvalue weighted by Gasteiger charge is 2.27. The number of hydrogen-bond donors (Lipinski definition) is 1. The van der Waals surface area contributed by atoms with Gasteiger partial charge in [0.15, 0.2) is 5.78 Å². The second-order valence-corrected chi connectivity index (χ2v) is 10.7. The minimum Gasteiger partial charge on any atom is -0.450 e. The molecule has 0 aromatic heterocycles. The number of Topliss-reactive ketones (excluding diaryl/α,β-unsaturated/α-hetero) is 1. The topological polar surface area (TPSA) is 64.6 Å². The van der Waals surface area contributed by atoms with E-state index in [2.05, 4.69) is 25.0 Å². The van der Waals surface area contributed by atoms with Crippen LogP contribution in [0.25, 0.3) is 0 Å². The number of carbonyl (C=O) groups excluding carboxylic acids is 2. The first kappa shape index (κ1) is 13.2. The molecule has 5 nitrogen and oxygen atoms in total. The zero-order chi connectivity index (χ0) is 12.2. The summed E-state index contributed by atoms with van der Waals surface area (Å²) in [6, 6.07) is 0.398. The van der Waals surface area contributed by atoms with Gasteiger partial charge in [0.05, 0.1) is 13.2 Å². The van der Waals surface area contributed by atoms with E-state index in [0.29, 0.717) is 6.61 Å². The summed E-state index contributed by atoms with van der Waals surface area (Å²) in [5, 5.41) is 2.49. The fourth-order valence-corrected chi connectivity index (χ4v) is 1.94. The van der Waals surface area contributed by atoms with Crippen LogP contribution in [0.2, 0.25) is 25.7 Å². The van der Waals surface area contributed by atoms with Gasteiger partial charge >= 0.3 is 6.09 Å². The highest BCUT2D eigenvalue weighted by Crippen LogP contribution is 2.07. The van der Waals surface area contributed by atoms with E-state index >= 15 is 0 Å². The molecule has 1 aliphatic heterocycles. The smallest absolute Gasteiger partial charge is 0.407 e. The SMILES string of the molecule is C[Si](C)(C)CCOC(=O)N[C@H]1COCC1=O. The highest BCUT2D eigenvalue weighted by atomic mass is 28.3. The second kappa shape index (κ2) is 5.45. The zero-order valence-electron chi connectivity index (χ0n) is 10.0. The Morgan fingerprint density at radius 2 is 2.25 bits per heavy atom. The fourth-order valence-electron chi connectivity index (χ4n) is 1.23. The van der Waals surface area contributed by atoms with Gasteiger partial charge in [-0.1, -0.05) is 19.6 Å². The van der Waals surface area contributed by atoms with E-state index in [1.54, 1.807) is 0 Å². The Labute approximate surface area is 96.5 Å². The van der Waals surface area contributed by atoms with Crippen LogP contribution in [0.5, 0.6) is 0 Å². The molecule has 0 aromatic rings.